The summed E-state index contributed by atoms with van der Waals surface area (Å²) >= 11 is 0. The number of hydrogen-bond acceptors (Lipinski definition) is 2. The molecule has 3 rings (SSSR count). The first kappa shape index (κ1) is 12.3. The van der Waals surface area contributed by atoms with Crippen LogP contribution in [-0.4, -0.2) is 10.2 Å². The Bertz CT molecular complexity index is 865. The molecule has 0 saturated heterocycles. The molecule has 0 unspecified atom stereocenters. The monoisotopic (exact) mass is 266 g/mol. The van der Waals surface area contributed by atoms with Gasteiger partial charge in [0.15, 0.2) is 0 Å². The average Bonchev–Trinajstić information content (AvgIpc) is 3.02. The number of aryl methyl sites for hydroxylation is 1. The largest absolute Gasteiger partial charge is 0.457 e. The lowest BCUT2D eigenvalue weighted by atomic mass is 10.1. The molecule has 4 heteroatoms. The van der Waals surface area contributed by atoms with Crippen LogP contribution in [0.1, 0.15) is 11.3 Å². The smallest absolute Gasteiger partial charge is 0.271 e. The molecule has 0 saturated carbocycles. The normalized spacial score (nSPS) is 11.9. The topological polar surface area (TPSA) is 61.8 Å². The van der Waals surface area contributed by atoms with Crippen LogP contribution < -0.4 is 16.1 Å². The molecule has 0 aliphatic carbocycles. The highest BCUT2D eigenvalue weighted by atomic mass is 16.3. The highest BCUT2D eigenvalue weighted by Gasteiger charge is 2.03. The van der Waals surface area contributed by atoms with Crippen molar-refractivity contribution in [2.24, 2.45) is 0 Å². The van der Waals surface area contributed by atoms with Crippen LogP contribution in [0.3, 0.4) is 0 Å². The summed E-state index contributed by atoms with van der Waals surface area (Å²) in [6, 6.07) is 11.8. The van der Waals surface area contributed by atoms with Gasteiger partial charge in [-0.3, -0.25) is 15.0 Å². The molecule has 1 aromatic carbocycles. The van der Waals surface area contributed by atoms with Gasteiger partial charge in [0.05, 0.1) is 10.6 Å². The standard InChI is InChI=1S/C16H14N2O2/c1-10-3-5-12(6-4-10)15-8-7-13(20-15)9-14-11(2)17-18-16(14)19/h3-9,17H,2H2,1H3,(H,18,19)/b14-9-. The van der Waals surface area contributed by atoms with Gasteiger partial charge in [-0.1, -0.05) is 36.4 Å². The molecule has 0 spiro atoms. The Morgan fingerprint density at radius 1 is 1.10 bits per heavy atom. The second-order valence-electron chi connectivity index (χ2n) is 4.68. The Labute approximate surface area is 115 Å². The highest BCUT2D eigenvalue weighted by molar-refractivity contribution is 5.60. The zero-order chi connectivity index (χ0) is 14.1. The number of rotatable bonds is 2. The van der Waals surface area contributed by atoms with Crippen molar-refractivity contribution in [1.82, 2.24) is 10.2 Å². The van der Waals surface area contributed by atoms with Crippen molar-refractivity contribution in [3.8, 4) is 11.3 Å². The van der Waals surface area contributed by atoms with E-state index in [1.807, 2.05) is 43.3 Å². The fourth-order valence-corrected chi connectivity index (χ4v) is 2.00. The zero-order valence-electron chi connectivity index (χ0n) is 11.1. The molecule has 0 aliphatic rings. The zero-order valence-corrected chi connectivity index (χ0v) is 11.1. The van der Waals surface area contributed by atoms with Gasteiger partial charge in [-0.15, -0.1) is 0 Å². The summed E-state index contributed by atoms with van der Waals surface area (Å²) in [5, 5.41) is 6.19. The lowest BCUT2D eigenvalue weighted by molar-refractivity contribution is 0.571. The quantitative estimate of drug-likeness (QED) is 0.738. The Morgan fingerprint density at radius 3 is 2.50 bits per heavy atom. The number of furan rings is 1. The van der Waals surface area contributed by atoms with Gasteiger partial charge in [0.1, 0.15) is 11.5 Å². The highest BCUT2D eigenvalue weighted by Crippen LogP contribution is 2.22. The van der Waals surface area contributed by atoms with Crippen molar-refractivity contribution < 1.29 is 4.42 Å². The van der Waals surface area contributed by atoms with E-state index in [0.717, 1.165) is 11.3 Å². The molecule has 0 fully saturated rings. The minimum absolute atomic E-state index is 0.205. The molecule has 2 aromatic heterocycles. The van der Waals surface area contributed by atoms with E-state index in [1.54, 1.807) is 6.08 Å². The molecule has 3 aromatic rings. The van der Waals surface area contributed by atoms with Crippen LogP contribution in [-0.2, 0) is 0 Å². The molecule has 0 amide bonds. The first-order valence-electron chi connectivity index (χ1n) is 6.28. The van der Waals surface area contributed by atoms with Crippen molar-refractivity contribution in [3.63, 3.8) is 0 Å². The van der Waals surface area contributed by atoms with Crippen LogP contribution in [0.2, 0.25) is 0 Å². The van der Waals surface area contributed by atoms with E-state index in [4.69, 9.17) is 4.42 Å². The van der Waals surface area contributed by atoms with Crippen molar-refractivity contribution in [3.05, 3.63) is 68.6 Å². The maximum atomic E-state index is 11.6. The van der Waals surface area contributed by atoms with Crippen molar-refractivity contribution in [2.75, 3.05) is 0 Å². The Balaban J connectivity index is 2.03. The van der Waals surface area contributed by atoms with E-state index in [9.17, 15) is 4.79 Å². The molecule has 0 aliphatic heterocycles. The molecule has 2 heterocycles. The summed E-state index contributed by atoms with van der Waals surface area (Å²) in [7, 11) is 0. The summed E-state index contributed by atoms with van der Waals surface area (Å²) in [6.07, 6.45) is 1.68. The Kier molecular flexibility index (Phi) is 2.91. The van der Waals surface area contributed by atoms with Crippen LogP contribution in [0.4, 0.5) is 0 Å². The van der Waals surface area contributed by atoms with Crippen LogP contribution in [0.5, 0.6) is 0 Å². The molecule has 20 heavy (non-hydrogen) atoms. The van der Waals surface area contributed by atoms with E-state index in [-0.39, 0.29) is 5.56 Å². The summed E-state index contributed by atoms with van der Waals surface area (Å²) in [5.41, 5.74) is 2.00. The molecule has 2 N–H and O–H groups in total. The second kappa shape index (κ2) is 4.74. The summed E-state index contributed by atoms with van der Waals surface area (Å²) in [5.74, 6) is 1.39. The third kappa shape index (κ3) is 2.23. The minimum atomic E-state index is -0.205. The van der Waals surface area contributed by atoms with Gasteiger partial charge in [0, 0.05) is 5.56 Å². The molecule has 4 nitrogen and oxygen atoms in total. The van der Waals surface area contributed by atoms with Gasteiger partial charge in [-0.05, 0) is 25.1 Å². The second-order valence-corrected chi connectivity index (χ2v) is 4.68. The number of aromatic amines is 2. The molecular formula is C16H14N2O2. The number of H-pyrrole nitrogens is 2. The van der Waals surface area contributed by atoms with Gasteiger partial charge in [0.2, 0.25) is 0 Å². The average molecular weight is 266 g/mol. The van der Waals surface area contributed by atoms with E-state index < -0.39 is 0 Å². The predicted molar refractivity (Wildman–Crippen MR) is 78.6 cm³/mol. The summed E-state index contributed by atoms with van der Waals surface area (Å²) in [4.78, 5) is 11.6. The molecular weight excluding hydrogens is 252 g/mol. The molecule has 0 radical (unpaired) electrons. The van der Waals surface area contributed by atoms with Gasteiger partial charge in [-0.25, -0.2) is 0 Å². The maximum absolute atomic E-state index is 11.6. The van der Waals surface area contributed by atoms with Crippen LogP contribution in [0.15, 0.2) is 45.6 Å². The van der Waals surface area contributed by atoms with Gasteiger partial charge >= 0.3 is 0 Å². The first-order chi connectivity index (χ1) is 9.63. The van der Waals surface area contributed by atoms with E-state index in [0.29, 0.717) is 16.3 Å². The number of benzene rings is 1. The number of hydrogen-bond donors (Lipinski definition) is 2. The van der Waals surface area contributed by atoms with Crippen molar-refractivity contribution in [1.29, 1.82) is 0 Å². The van der Waals surface area contributed by atoms with E-state index in [2.05, 4.69) is 16.8 Å². The molecule has 0 bridgehead atoms. The number of nitrogens with one attached hydrogen (secondary N) is 2. The SMILES string of the molecule is C=c1[nH][nH]c(=O)/c1=C\c1ccc(-c2ccc(C)cc2)o1. The summed E-state index contributed by atoms with van der Waals surface area (Å²) in [6.45, 7) is 5.79. The van der Waals surface area contributed by atoms with Crippen LogP contribution >= 0.6 is 0 Å². The fraction of sp³-hybridized carbons (Fsp3) is 0.0625. The predicted octanol–water partition coefficient (Wildman–Crippen LogP) is 1.51. The fourth-order valence-electron chi connectivity index (χ4n) is 2.00. The van der Waals surface area contributed by atoms with E-state index in [1.165, 1.54) is 5.56 Å². The third-order valence-electron chi connectivity index (χ3n) is 3.15. The van der Waals surface area contributed by atoms with Crippen LogP contribution in [0, 0.1) is 6.92 Å². The minimum Gasteiger partial charge on any atom is -0.457 e. The first-order valence-corrected chi connectivity index (χ1v) is 6.28. The Hall–Kier alpha value is -2.75. The molecule has 100 valence electrons. The maximum Gasteiger partial charge on any atom is 0.271 e. The molecule has 0 atom stereocenters. The van der Waals surface area contributed by atoms with Gasteiger partial charge in [0.25, 0.3) is 5.56 Å². The number of aromatic nitrogens is 2. The van der Waals surface area contributed by atoms with E-state index >= 15 is 0 Å². The van der Waals surface area contributed by atoms with Crippen LogP contribution in [0.25, 0.3) is 24.0 Å². The lowest BCUT2D eigenvalue weighted by Gasteiger charge is -1.97. The van der Waals surface area contributed by atoms with Crippen molar-refractivity contribution in [2.45, 2.75) is 6.92 Å². The van der Waals surface area contributed by atoms with Gasteiger partial charge in [-0.2, -0.15) is 0 Å². The summed E-state index contributed by atoms with van der Waals surface area (Å²) < 4.78 is 5.74. The third-order valence-corrected chi connectivity index (χ3v) is 3.15. The van der Waals surface area contributed by atoms with Crippen molar-refractivity contribution >= 4 is 12.7 Å². The van der Waals surface area contributed by atoms with Gasteiger partial charge < -0.3 is 4.42 Å². The lowest BCUT2D eigenvalue weighted by Crippen LogP contribution is -2.32. The Morgan fingerprint density at radius 2 is 1.85 bits per heavy atom.